The van der Waals surface area contributed by atoms with E-state index in [0.717, 1.165) is 56.3 Å². The summed E-state index contributed by atoms with van der Waals surface area (Å²) in [5.41, 5.74) is -0.157. The zero-order valence-electron chi connectivity index (χ0n) is 12.4. The first-order chi connectivity index (χ1) is 11.1. The van der Waals surface area contributed by atoms with E-state index in [1.165, 1.54) is 11.8 Å². The van der Waals surface area contributed by atoms with Crippen LogP contribution in [0, 0.1) is 11.6 Å². The molecule has 1 aromatic heterocycles. The standard InChI is InChI=1S/C15H16F2N4OS/c16-10-5-6-11(17)12(8-10)18-14(22)9-23-15-20-19-13-4-2-1-3-7-21(13)15/h5-6,8H,1-4,7,9H2,(H,18,22). The van der Waals surface area contributed by atoms with E-state index in [4.69, 9.17) is 0 Å². The van der Waals surface area contributed by atoms with Crippen molar-refractivity contribution >= 4 is 23.4 Å². The Morgan fingerprint density at radius 3 is 3.00 bits per heavy atom. The van der Waals surface area contributed by atoms with Crippen molar-refractivity contribution in [3.05, 3.63) is 35.7 Å². The zero-order valence-corrected chi connectivity index (χ0v) is 13.2. The molecule has 2 aromatic rings. The van der Waals surface area contributed by atoms with Crippen LogP contribution in [0.5, 0.6) is 0 Å². The van der Waals surface area contributed by atoms with Crippen molar-refractivity contribution in [2.45, 2.75) is 37.4 Å². The third-order valence-corrected chi connectivity index (χ3v) is 4.58. The number of thioether (sulfide) groups is 1. The van der Waals surface area contributed by atoms with E-state index in [1.54, 1.807) is 0 Å². The fourth-order valence-corrected chi connectivity index (χ4v) is 3.26. The molecule has 0 unspecified atom stereocenters. The second-order valence-corrected chi connectivity index (χ2v) is 6.26. The fraction of sp³-hybridized carbons (Fsp3) is 0.400. The molecular formula is C15H16F2N4OS. The molecular weight excluding hydrogens is 322 g/mol. The van der Waals surface area contributed by atoms with E-state index in [0.29, 0.717) is 5.16 Å². The quantitative estimate of drug-likeness (QED) is 0.871. The second kappa shape index (κ2) is 7.08. The van der Waals surface area contributed by atoms with Crippen molar-refractivity contribution < 1.29 is 13.6 Å². The maximum Gasteiger partial charge on any atom is 0.234 e. The molecule has 23 heavy (non-hydrogen) atoms. The summed E-state index contributed by atoms with van der Waals surface area (Å²) in [6.45, 7) is 0.852. The Kier molecular flexibility index (Phi) is 4.90. The van der Waals surface area contributed by atoms with Crippen molar-refractivity contribution in [2.75, 3.05) is 11.1 Å². The van der Waals surface area contributed by atoms with Gasteiger partial charge in [0, 0.05) is 19.0 Å². The van der Waals surface area contributed by atoms with Gasteiger partial charge in [0.05, 0.1) is 11.4 Å². The summed E-state index contributed by atoms with van der Waals surface area (Å²) in [5, 5.41) is 11.3. The summed E-state index contributed by atoms with van der Waals surface area (Å²) in [7, 11) is 0. The van der Waals surface area contributed by atoms with Gasteiger partial charge in [-0.05, 0) is 25.0 Å². The first-order valence-corrected chi connectivity index (χ1v) is 8.42. The molecule has 1 N–H and O–H groups in total. The van der Waals surface area contributed by atoms with Gasteiger partial charge in [0.15, 0.2) is 5.16 Å². The molecule has 3 rings (SSSR count). The smallest absolute Gasteiger partial charge is 0.234 e. The number of hydrogen-bond acceptors (Lipinski definition) is 4. The molecule has 8 heteroatoms. The summed E-state index contributed by atoms with van der Waals surface area (Å²) in [4.78, 5) is 11.9. The molecule has 0 bridgehead atoms. The van der Waals surface area contributed by atoms with Gasteiger partial charge in [0.25, 0.3) is 0 Å². The van der Waals surface area contributed by atoms with Crippen molar-refractivity contribution in [3.63, 3.8) is 0 Å². The minimum Gasteiger partial charge on any atom is -0.323 e. The van der Waals surface area contributed by atoms with Crippen molar-refractivity contribution in [1.29, 1.82) is 0 Å². The van der Waals surface area contributed by atoms with Gasteiger partial charge >= 0.3 is 0 Å². The topological polar surface area (TPSA) is 59.8 Å². The Morgan fingerprint density at radius 1 is 1.26 bits per heavy atom. The van der Waals surface area contributed by atoms with Gasteiger partial charge in [0.2, 0.25) is 5.91 Å². The molecule has 1 aliphatic heterocycles. The first-order valence-electron chi connectivity index (χ1n) is 7.43. The van der Waals surface area contributed by atoms with Gasteiger partial charge in [-0.25, -0.2) is 8.78 Å². The van der Waals surface area contributed by atoms with E-state index in [2.05, 4.69) is 15.5 Å². The van der Waals surface area contributed by atoms with Crippen LogP contribution in [0.1, 0.15) is 25.1 Å². The maximum absolute atomic E-state index is 13.5. The predicted molar refractivity (Wildman–Crippen MR) is 83.3 cm³/mol. The zero-order chi connectivity index (χ0) is 16.2. The van der Waals surface area contributed by atoms with Crippen LogP contribution in [0.2, 0.25) is 0 Å². The Balaban J connectivity index is 1.61. The first kappa shape index (κ1) is 15.9. The Hall–Kier alpha value is -1.96. The van der Waals surface area contributed by atoms with Gasteiger partial charge in [-0.3, -0.25) is 4.79 Å². The van der Waals surface area contributed by atoms with Crippen LogP contribution in [0.4, 0.5) is 14.5 Å². The molecule has 0 fully saturated rings. The van der Waals surface area contributed by atoms with Crippen LogP contribution in [-0.2, 0) is 17.8 Å². The van der Waals surface area contributed by atoms with Crippen molar-refractivity contribution in [2.24, 2.45) is 0 Å². The lowest BCUT2D eigenvalue weighted by molar-refractivity contribution is -0.113. The molecule has 0 spiro atoms. The van der Waals surface area contributed by atoms with E-state index in [1.807, 2.05) is 4.57 Å². The van der Waals surface area contributed by atoms with E-state index in [9.17, 15) is 13.6 Å². The Labute approximate surface area is 136 Å². The SMILES string of the molecule is O=C(CSc1nnc2n1CCCCC2)Nc1cc(F)ccc1F. The van der Waals surface area contributed by atoms with Gasteiger partial charge in [-0.15, -0.1) is 10.2 Å². The normalized spacial score (nSPS) is 14.2. The van der Waals surface area contributed by atoms with Gasteiger partial charge in [0.1, 0.15) is 17.5 Å². The summed E-state index contributed by atoms with van der Waals surface area (Å²) < 4.78 is 28.6. The van der Waals surface area contributed by atoms with Gasteiger partial charge in [-0.1, -0.05) is 18.2 Å². The maximum atomic E-state index is 13.5. The number of carbonyl (C=O) groups is 1. The highest BCUT2D eigenvalue weighted by molar-refractivity contribution is 7.99. The molecule has 1 aromatic carbocycles. The molecule has 1 amide bonds. The number of anilines is 1. The minimum absolute atomic E-state index is 0.0636. The highest BCUT2D eigenvalue weighted by Gasteiger charge is 2.16. The number of hydrogen-bond donors (Lipinski definition) is 1. The van der Waals surface area contributed by atoms with Crippen molar-refractivity contribution in [1.82, 2.24) is 14.8 Å². The lowest BCUT2D eigenvalue weighted by atomic mass is 10.2. The molecule has 0 saturated carbocycles. The number of fused-ring (bicyclic) bond motifs is 1. The van der Waals surface area contributed by atoms with Crippen LogP contribution in [0.15, 0.2) is 23.4 Å². The number of halogens is 2. The highest BCUT2D eigenvalue weighted by atomic mass is 32.2. The van der Waals surface area contributed by atoms with E-state index >= 15 is 0 Å². The summed E-state index contributed by atoms with van der Waals surface area (Å²) in [5.74, 6) is -0.668. The Morgan fingerprint density at radius 2 is 2.13 bits per heavy atom. The largest absolute Gasteiger partial charge is 0.323 e. The predicted octanol–water partition coefficient (Wildman–Crippen LogP) is 3.01. The van der Waals surface area contributed by atoms with Crippen LogP contribution in [-0.4, -0.2) is 26.4 Å². The fourth-order valence-electron chi connectivity index (χ4n) is 2.47. The molecule has 1 aliphatic rings. The molecule has 5 nitrogen and oxygen atoms in total. The number of rotatable bonds is 4. The van der Waals surface area contributed by atoms with Gasteiger partial charge < -0.3 is 9.88 Å². The number of aromatic nitrogens is 3. The highest BCUT2D eigenvalue weighted by Crippen LogP contribution is 2.22. The lowest BCUT2D eigenvalue weighted by Crippen LogP contribution is -2.16. The average Bonchev–Trinajstić information content (AvgIpc) is 2.76. The van der Waals surface area contributed by atoms with Crippen LogP contribution in [0.25, 0.3) is 0 Å². The van der Waals surface area contributed by atoms with E-state index < -0.39 is 17.5 Å². The third kappa shape index (κ3) is 3.87. The van der Waals surface area contributed by atoms with Crippen molar-refractivity contribution in [3.8, 4) is 0 Å². The summed E-state index contributed by atoms with van der Waals surface area (Å²) in [6.07, 6.45) is 4.22. The van der Waals surface area contributed by atoms with E-state index in [-0.39, 0.29) is 11.4 Å². The monoisotopic (exact) mass is 338 g/mol. The number of aryl methyl sites for hydroxylation is 1. The molecule has 2 heterocycles. The molecule has 0 atom stereocenters. The number of nitrogens with one attached hydrogen (secondary N) is 1. The summed E-state index contributed by atoms with van der Waals surface area (Å²) in [6, 6.07) is 2.95. The molecule has 0 radical (unpaired) electrons. The minimum atomic E-state index is -0.666. The number of carbonyl (C=O) groups excluding carboxylic acids is 1. The van der Waals surface area contributed by atoms with Crippen LogP contribution in [0.3, 0.4) is 0 Å². The number of benzene rings is 1. The number of amides is 1. The van der Waals surface area contributed by atoms with Crippen LogP contribution < -0.4 is 5.32 Å². The van der Waals surface area contributed by atoms with Gasteiger partial charge in [-0.2, -0.15) is 0 Å². The molecule has 0 aliphatic carbocycles. The average molecular weight is 338 g/mol. The molecule has 122 valence electrons. The third-order valence-electron chi connectivity index (χ3n) is 3.61. The lowest BCUT2D eigenvalue weighted by Gasteiger charge is -2.08. The molecule has 0 saturated heterocycles. The van der Waals surface area contributed by atoms with Crippen LogP contribution >= 0.6 is 11.8 Å². The second-order valence-electron chi connectivity index (χ2n) is 5.32. The Bertz CT molecular complexity index is 719. The number of nitrogens with zero attached hydrogens (tertiary/aromatic N) is 3. The summed E-state index contributed by atoms with van der Waals surface area (Å²) >= 11 is 1.25.